The maximum Gasteiger partial charge on any atom is 0.129 e. The predicted molar refractivity (Wildman–Crippen MR) is 74.8 cm³/mol. The third kappa shape index (κ3) is 3.95. The largest absolute Gasteiger partial charge is 0.370 e. The van der Waals surface area contributed by atoms with Crippen molar-refractivity contribution in [1.29, 1.82) is 0 Å². The van der Waals surface area contributed by atoms with Gasteiger partial charge in [0, 0.05) is 30.9 Å². The van der Waals surface area contributed by atoms with Crippen LogP contribution in [0.4, 0.5) is 5.82 Å². The molecule has 1 fully saturated rings. The zero-order chi connectivity index (χ0) is 12.8. The van der Waals surface area contributed by atoms with E-state index in [4.69, 9.17) is 0 Å². The second-order valence-corrected chi connectivity index (χ2v) is 5.21. The van der Waals surface area contributed by atoms with Gasteiger partial charge < -0.3 is 10.2 Å². The van der Waals surface area contributed by atoms with Gasteiger partial charge in [-0.15, -0.1) is 0 Å². The highest BCUT2D eigenvalue weighted by Gasteiger charge is 2.16. The summed E-state index contributed by atoms with van der Waals surface area (Å²) in [6, 6.07) is 2.75. The minimum absolute atomic E-state index is 0.764. The summed E-state index contributed by atoms with van der Waals surface area (Å²) in [5.74, 6) is 0.939. The molecule has 1 atom stereocenters. The molecule has 1 aliphatic heterocycles. The normalized spacial score (nSPS) is 20.9. The Morgan fingerprint density at radius 1 is 1.39 bits per heavy atom. The lowest BCUT2D eigenvalue weighted by Gasteiger charge is -2.33. The molecule has 1 aromatic rings. The molecule has 1 unspecified atom stereocenters. The van der Waals surface area contributed by atoms with Gasteiger partial charge in [0.2, 0.25) is 0 Å². The first kappa shape index (κ1) is 13.3. The number of hydrogen-bond acceptors (Lipinski definition) is 4. The minimum Gasteiger partial charge on any atom is -0.370 e. The van der Waals surface area contributed by atoms with Gasteiger partial charge in [-0.25, -0.2) is 9.97 Å². The number of rotatable bonds is 5. The summed E-state index contributed by atoms with van der Waals surface area (Å²) in [5, 5.41) is 3.36. The summed E-state index contributed by atoms with van der Waals surface area (Å²) in [6.07, 6.45) is 6.91. The van der Waals surface area contributed by atoms with Gasteiger partial charge in [0.05, 0.1) is 0 Å². The fraction of sp³-hybridized carbons (Fsp3) is 0.714. The SMILES string of the molecule is Cc1cc(NCCCN2CCCCC2C)ncn1. The molecule has 0 saturated carbocycles. The van der Waals surface area contributed by atoms with E-state index in [0.717, 1.165) is 24.1 Å². The molecule has 4 nitrogen and oxygen atoms in total. The van der Waals surface area contributed by atoms with Crippen molar-refractivity contribution in [1.82, 2.24) is 14.9 Å². The summed E-state index contributed by atoms with van der Waals surface area (Å²) in [5.41, 5.74) is 1.01. The van der Waals surface area contributed by atoms with Gasteiger partial charge in [-0.3, -0.25) is 0 Å². The maximum absolute atomic E-state index is 4.20. The lowest BCUT2D eigenvalue weighted by Crippen LogP contribution is -2.38. The van der Waals surface area contributed by atoms with Gasteiger partial charge in [-0.2, -0.15) is 0 Å². The molecule has 0 spiro atoms. The van der Waals surface area contributed by atoms with Crippen LogP contribution >= 0.6 is 0 Å². The van der Waals surface area contributed by atoms with Gasteiger partial charge in [-0.05, 0) is 39.7 Å². The fourth-order valence-electron chi connectivity index (χ4n) is 2.54. The Bertz CT molecular complexity index is 367. The van der Waals surface area contributed by atoms with Crippen LogP contribution < -0.4 is 5.32 Å². The van der Waals surface area contributed by atoms with Crippen LogP contribution in [0.5, 0.6) is 0 Å². The smallest absolute Gasteiger partial charge is 0.129 e. The molecule has 2 rings (SSSR count). The monoisotopic (exact) mass is 248 g/mol. The molecule has 4 heteroatoms. The van der Waals surface area contributed by atoms with E-state index in [1.54, 1.807) is 6.33 Å². The molecule has 0 bridgehead atoms. The Morgan fingerprint density at radius 2 is 2.28 bits per heavy atom. The lowest BCUT2D eigenvalue weighted by molar-refractivity contribution is 0.160. The molecule has 0 aromatic carbocycles. The van der Waals surface area contributed by atoms with Crippen molar-refractivity contribution < 1.29 is 0 Å². The number of nitrogens with zero attached hydrogens (tertiary/aromatic N) is 3. The topological polar surface area (TPSA) is 41.0 Å². The van der Waals surface area contributed by atoms with Crippen LogP contribution in [0.25, 0.3) is 0 Å². The highest BCUT2D eigenvalue weighted by atomic mass is 15.2. The Kier molecular flexibility index (Phi) is 4.93. The molecule has 18 heavy (non-hydrogen) atoms. The van der Waals surface area contributed by atoms with Crippen LogP contribution in [-0.2, 0) is 0 Å². The Hall–Kier alpha value is -1.16. The zero-order valence-corrected chi connectivity index (χ0v) is 11.5. The van der Waals surface area contributed by atoms with Crippen LogP contribution in [0.1, 0.15) is 38.3 Å². The number of aromatic nitrogens is 2. The first-order valence-electron chi connectivity index (χ1n) is 7.02. The summed E-state index contributed by atoms with van der Waals surface area (Å²) < 4.78 is 0. The number of hydrogen-bond donors (Lipinski definition) is 1. The van der Waals surface area contributed by atoms with Gasteiger partial charge in [-0.1, -0.05) is 6.42 Å². The van der Waals surface area contributed by atoms with E-state index in [1.807, 2.05) is 13.0 Å². The highest BCUT2D eigenvalue weighted by Crippen LogP contribution is 2.16. The van der Waals surface area contributed by atoms with Gasteiger partial charge >= 0.3 is 0 Å². The van der Waals surface area contributed by atoms with Crippen molar-refractivity contribution in [2.75, 3.05) is 25.0 Å². The van der Waals surface area contributed by atoms with E-state index in [1.165, 1.54) is 38.8 Å². The molecule has 2 heterocycles. The Labute approximate surface area is 110 Å². The van der Waals surface area contributed by atoms with Crippen molar-refractivity contribution in [2.24, 2.45) is 0 Å². The van der Waals surface area contributed by atoms with E-state index >= 15 is 0 Å². The number of piperidine rings is 1. The van der Waals surface area contributed by atoms with Crippen LogP contribution in [0.3, 0.4) is 0 Å². The number of likely N-dealkylation sites (tertiary alicyclic amines) is 1. The second-order valence-electron chi connectivity index (χ2n) is 5.21. The fourth-order valence-corrected chi connectivity index (χ4v) is 2.54. The number of aryl methyl sites for hydroxylation is 1. The van der Waals surface area contributed by atoms with Gasteiger partial charge in [0.1, 0.15) is 12.1 Å². The Balaban J connectivity index is 1.66. The quantitative estimate of drug-likeness (QED) is 0.813. The molecule has 1 aromatic heterocycles. The van der Waals surface area contributed by atoms with Gasteiger partial charge in [0.25, 0.3) is 0 Å². The highest BCUT2D eigenvalue weighted by molar-refractivity contribution is 5.34. The molecule has 0 radical (unpaired) electrons. The first-order valence-corrected chi connectivity index (χ1v) is 7.02. The van der Waals surface area contributed by atoms with Crippen molar-refractivity contribution >= 4 is 5.82 Å². The average Bonchev–Trinajstić information content (AvgIpc) is 2.37. The Morgan fingerprint density at radius 3 is 3.06 bits per heavy atom. The number of anilines is 1. The van der Waals surface area contributed by atoms with E-state index < -0.39 is 0 Å². The van der Waals surface area contributed by atoms with Crippen molar-refractivity contribution in [3.63, 3.8) is 0 Å². The first-order chi connectivity index (χ1) is 8.75. The second kappa shape index (κ2) is 6.69. The van der Waals surface area contributed by atoms with Crippen molar-refractivity contribution in [2.45, 2.75) is 45.6 Å². The standard InChI is InChI=1S/C14H24N4/c1-12-10-14(17-11-16-12)15-7-5-9-18-8-4-3-6-13(18)2/h10-11,13H,3-9H2,1-2H3,(H,15,16,17). The third-order valence-corrected chi connectivity index (χ3v) is 3.67. The molecular formula is C14H24N4. The third-order valence-electron chi connectivity index (χ3n) is 3.67. The number of nitrogens with one attached hydrogen (secondary N) is 1. The molecule has 1 saturated heterocycles. The lowest BCUT2D eigenvalue weighted by atomic mass is 10.0. The van der Waals surface area contributed by atoms with E-state index in [-0.39, 0.29) is 0 Å². The minimum atomic E-state index is 0.764. The van der Waals surface area contributed by atoms with E-state index in [9.17, 15) is 0 Å². The van der Waals surface area contributed by atoms with E-state index in [0.29, 0.717) is 0 Å². The summed E-state index contributed by atoms with van der Waals surface area (Å²) in [7, 11) is 0. The summed E-state index contributed by atoms with van der Waals surface area (Å²) in [4.78, 5) is 10.9. The molecule has 1 N–H and O–H groups in total. The predicted octanol–water partition coefficient (Wildman–Crippen LogP) is 2.46. The molecule has 100 valence electrons. The van der Waals surface area contributed by atoms with E-state index in [2.05, 4.69) is 27.1 Å². The van der Waals surface area contributed by atoms with Crippen LogP contribution in [0.15, 0.2) is 12.4 Å². The molecular weight excluding hydrogens is 224 g/mol. The van der Waals surface area contributed by atoms with Crippen molar-refractivity contribution in [3.05, 3.63) is 18.1 Å². The summed E-state index contributed by atoms with van der Waals surface area (Å²) >= 11 is 0. The average molecular weight is 248 g/mol. The summed E-state index contributed by atoms with van der Waals surface area (Å²) in [6.45, 7) is 7.79. The van der Waals surface area contributed by atoms with Crippen LogP contribution in [0.2, 0.25) is 0 Å². The molecule has 0 amide bonds. The zero-order valence-electron chi connectivity index (χ0n) is 11.5. The van der Waals surface area contributed by atoms with Crippen LogP contribution in [-0.4, -0.2) is 40.5 Å². The molecule has 1 aliphatic rings. The maximum atomic E-state index is 4.20. The van der Waals surface area contributed by atoms with Gasteiger partial charge in [0.15, 0.2) is 0 Å². The van der Waals surface area contributed by atoms with Crippen molar-refractivity contribution in [3.8, 4) is 0 Å². The van der Waals surface area contributed by atoms with Crippen LogP contribution in [0, 0.1) is 6.92 Å². The molecule has 0 aliphatic carbocycles.